The molecule has 0 aliphatic heterocycles. The molecule has 1 aromatic carbocycles. The molecule has 2 heterocycles. The molecule has 0 fully saturated rings. The van der Waals surface area contributed by atoms with Crippen molar-refractivity contribution in [3.63, 3.8) is 0 Å². The number of Topliss-reactive ketones (excluding diaryl/α,β-unsaturated/α-hetero) is 1. The molecule has 0 unspecified atom stereocenters. The molecule has 0 radical (unpaired) electrons. The number of carbonyl (C=O) groups excluding carboxylic acids is 2. The second kappa shape index (κ2) is 10.1. The van der Waals surface area contributed by atoms with Gasteiger partial charge in [0, 0.05) is 28.4 Å². The first-order chi connectivity index (χ1) is 15.8. The molecule has 0 amide bonds. The first-order valence-corrected chi connectivity index (χ1v) is 11.2. The first-order valence-electron chi connectivity index (χ1n) is 10.4. The fourth-order valence-electron chi connectivity index (χ4n) is 3.72. The van der Waals surface area contributed by atoms with E-state index in [1.807, 2.05) is 56.3 Å². The fourth-order valence-corrected chi connectivity index (χ4v) is 4.86. The number of nitrogens with zero attached hydrogens (tertiary/aromatic N) is 3. The number of allylic oxidation sites excluding steroid dienone is 1. The highest BCUT2D eigenvalue weighted by atomic mass is 32.1. The number of nitriles is 2. The number of thiophene rings is 1. The van der Waals surface area contributed by atoms with Gasteiger partial charge in [-0.15, -0.1) is 11.3 Å². The first kappa shape index (κ1) is 23.7. The van der Waals surface area contributed by atoms with Crippen molar-refractivity contribution < 1.29 is 14.3 Å². The number of ether oxygens (including phenoxy) is 1. The van der Waals surface area contributed by atoms with Crippen molar-refractivity contribution in [2.24, 2.45) is 0 Å². The minimum atomic E-state index is -0.514. The Balaban J connectivity index is 1.94. The van der Waals surface area contributed by atoms with Crippen molar-refractivity contribution in [2.45, 2.75) is 34.1 Å². The number of ketones is 1. The summed E-state index contributed by atoms with van der Waals surface area (Å²) in [5, 5.41) is 19.2. The summed E-state index contributed by atoms with van der Waals surface area (Å²) in [5.74, 6) is -0.922. The van der Waals surface area contributed by atoms with Crippen molar-refractivity contribution in [2.75, 3.05) is 6.61 Å². The molecule has 0 saturated heterocycles. The third-order valence-electron chi connectivity index (χ3n) is 5.32. The molecule has 33 heavy (non-hydrogen) atoms. The highest BCUT2D eigenvalue weighted by molar-refractivity contribution is 7.14. The zero-order valence-corrected chi connectivity index (χ0v) is 19.7. The minimum absolute atomic E-state index is 0.00376. The van der Waals surface area contributed by atoms with Crippen molar-refractivity contribution in [1.82, 2.24) is 4.57 Å². The van der Waals surface area contributed by atoms with Gasteiger partial charge in [-0.05, 0) is 63.1 Å². The van der Waals surface area contributed by atoms with Crippen LogP contribution in [0.4, 0.5) is 0 Å². The number of benzene rings is 1. The van der Waals surface area contributed by atoms with Gasteiger partial charge in [-0.3, -0.25) is 4.79 Å². The van der Waals surface area contributed by atoms with Crippen LogP contribution >= 0.6 is 11.3 Å². The molecule has 0 N–H and O–H groups in total. The zero-order valence-electron chi connectivity index (χ0n) is 18.9. The van der Waals surface area contributed by atoms with E-state index in [0.717, 1.165) is 34.0 Å². The molecule has 0 spiro atoms. The van der Waals surface area contributed by atoms with Crippen molar-refractivity contribution >= 4 is 29.2 Å². The van der Waals surface area contributed by atoms with E-state index < -0.39 is 11.8 Å². The van der Waals surface area contributed by atoms with Crippen LogP contribution in [0.25, 0.3) is 11.8 Å². The standard InChI is InChI=1S/C26H23N3O3S/c1-5-32-26(31)25-17(3)22(15-28)24(33-25)13-23(30)20(14-27)12-19-11-16(2)29(18(19)4)21-9-7-6-8-10-21/h6-12H,5,13H2,1-4H3/b20-12+. The number of hydrogen-bond acceptors (Lipinski definition) is 6. The predicted molar refractivity (Wildman–Crippen MR) is 127 cm³/mol. The predicted octanol–water partition coefficient (Wildman–Crippen LogP) is 5.23. The smallest absolute Gasteiger partial charge is 0.348 e. The fraction of sp³-hybridized carbons (Fsp3) is 0.231. The van der Waals surface area contributed by atoms with Gasteiger partial charge in [0.05, 0.1) is 17.7 Å². The Morgan fingerprint density at radius 1 is 1.15 bits per heavy atom. The number of hydrogen-bond donors (Lipinski definition) is 0. The molecule has 6 nitrogen and oxygen atoms in total. The molecule has 0 saturated carbocycles. The lowest BCUT2D eigenvalue weighted by Gasteiger charge is -2.09. The van der Waals surface area contributed by atoms with E-state index in [9.17, 15) is 20.1 Å². The van der Waals surface area contributed by atoms with Gasteiger partial charge < -0.3 is 9.30 Å². The van der Waals surface area contributed by atoms with Crippen LogP contribution in [0.1, 0.15) is 49.6 Å². The van der Waals surface area contributed by atoms with Crippen LogP contribution in [0, 0.1) is 43.4 Å². The lowest BCUT2D eigenvalue weighted by Crippen LogP contribution is -2.05. The summed E-state index contributed by atoms with van der Waals surface area (Å²) in [7, 11) is 0. The summed E-state index contributed by atoms with van der Waals surface area (Å²) in [6, 6.07) is 15.8. The Morgan fingerprint density at radius 2 is 1.85 bits per heavy atom. The van der Waals surface area contributed by atoms with Gasteiger partial charge in [-0.2, -0.15) is 10.5 Å². The highest BCUT2D eigenvalue weighted by Crippen LogP contribution is 2.30. The van der Waals surface area contributed by atoms with Crippen LogP contribution in [0.15, 0.2) is 42.0 Å². The summed E-state index contributed by atoms with van der Waals surface area (Å²) < 4.78 is 7.11. The normalized spacial score (nSPS) is 11.0. The third kappa shape index (κ3) is 4.79. The Bertz CT molecular complexity index is 1330. The van der Waals surface area contributed by atoms with E-state index in [0.29, 0.717) is 15.3 Å². The second-order valence-corrected chi connectivity index (χ2v) is 8.56. The van der Waals surface area contributed by atoms with Gasteiger partial charge in [0.15, 0.2) is 5.78 Å². The molecule has 2 aromatic heterocycles. The second-order valence-electron chi connectivity index (χ2n) is 7.45. The molecule has 3 aromatic rings. The van der Waals surface area contributed by atoms with E-state index in [1.54, 1.807) is 19.9 Å². The summed E-state index contributed by atoms with van der Waals surface area (Å²) >= 11 is 1.07. The van der Waals surface area contributed by atoms with Crippen LogP contribution in [0.2, 0.25) is 0 Å². The Kier molecular flexibility index (Phi) is 7.27. The number of esters is 1. The topological polar surface area (TPSA) is 95.9 Å². The van der Waals surface area contributed by atoms with E-state index in [4.69, 9.17) is 4.74 Å². The molecule has 0 aliphatic carbocycles. The molecule has 0 aliphatic rings. The summed E-state index contributed by atoms with van der Waals surface area (Å²) in [6.07, 6.45) is 1.45. The SMILES string of the molecule is CCOC(=O)c1sc(CC(=O)/C(C#N)=C/c2cc(C)n(-c3ccccc3)c2C)c(C#N)c1C. The number of aromatic nitrogens is 1. The maximum absolute atomic E-state index is 13.0. The van der Waals surface area contributed by atoms with Crippen LogP contribution in [-0.4, -0.2) is 22.9 Å². The van der Waals surface area contributed by atoms with E-state index in [1.165, 1.54) is 0 Å². The molecule has 0 atom stereocenters. The van der Waals surface area contributed by atoms with Gasteiger partial charge in [-0.1, -0.05) is 18.2 Å². The van der Waals surface area contributed by atoms with Gasteiger partial charge in [0.25, 0.3) is 0 Å². The van der Waals surface area contributed by atoms with Crippen LogP contribution < -0.4 is 0 Å². The van der Waals surface area contributed by atoms with Gasteiger partial charge in [0.2, 0.25) is 0 Å². The maximum Gasteiger partial charge on any atom is 0.348 e. The molecular weight excluding hydrogens is 434 g/mol. The number of para-hydroxylation sites is 1. The quantitative estimate of drug-likeness (QED) is 0.275. The summed E-state index contributed by atoms with van der Waals surface area (Å²) in [6.45, 7) is 7.49. The highest BCUT2D eigenvalue weighted by Gasteiger charge is 2.23. The van der Waals surface area contributed by atoms with E-state index in [2.05, 4.69) is 10.6 Å². The average Bonchev–Trinajstić information content (AvgIpc) is 3.27. The lowest BCUT2D eigenvalue weighted by molar-refractivity contribution is -0.114. The largest absolute Gasteiger partial charge is 0.462 e. The van der Waals surface area contributed by atoms with Gasteiger partial charge >= 0.3 is 5.97 Å². The Morgan fingerprint density at radius 3 is 2.45 bits per heavy atom. The number of aryl methyl sites for hydroxylation is 1. The molecule has 7 heteroatoms. The van der Waals surface area contributed by atoms with Crippen molar-refractivity contribution in [1.29, 1.82) is 10.5 Å². The zero-order chi connectivity index (χ0) is 24.1. The lowest BCUT2D eigenvalue weighted by atomic mass is 10.0. The average molecular weight is 458 g/mol. The Hall–Kier alpha value is -3.94. The van der Waals surface area contributed by atoms with Gasteiger partial charge in [0.1, 0.15) is 17.0 Å². The third-order valence-corrected chi connectivity index (χ3v) is 6.59. The van der Waals surface area contributed by atoms with Crippen molar-refractivity contribution in [3.05, 3.63) is 79.8 Å². The number of rotatable bonds is 7. The molecule has 166 valence electrons. The summed E-state index contributed by atoms with van der Waals surface area (Å²) in [5.41, 5.74) is 4.44. The monoisotopic (exact) mass is 457 g/mol. The van der Waals surface area contributed by atoms with Crippen LogP contribution in [0.3, 0.4) is 0 Å². The van der Waals surface area contributed by atoms with Crippen molar-refractivity contribution in [3.8, 4) is 17.8 Å². The Labute approximate surface area is 197 Å². The molecule has 3 rings (SSSR count). The minimum Gasteiger partial charge on any atom is -0.462 e. The summed E-state index contributed by atoms with van der Waals surface area (Å²) in [4.78, 5) is 25.9. The molecule has 0 bridgehead atoms. The van der Waals surface area contributed by atoms with Gasteiger partial charge in [-0.25, -0.2) is 4.79 Å². The van der Waals surface area contributed by atoms with Crippen LogP contribution in [-0.2, 0) is 16.0 Å². The van der Waals surface area contributed by atoms with E-state index >= 15 is 0 Å². The number of carbonyl (C=O) groups is 2. The maximum atomic E-state index is 13.0. The molecular formula is C26H23N3O3S. The van der Waals surface area contributed by atoms with Crippen LogP contribution in [0.5, 0.6) is 0 Å². The van der Waals surface area contributed by atoms with E-state index in [-0.39, 0.29) is 24.2 Å².